The third-order valence-corrected chi connectivity index (χ3v) is 4.20. The number of amides is 1. The van der Waals surface area contributed by atoms with Gasteiger partial charge in [0.25, 0.3) is 0 Å². The second-order valence-electron chi connectivity index (χ2n) is 4.81. The van der Waals surface area contributed by atoms with Crippen LogP contribution in [0.15, 0.2) is 5.38 Å². The fraction of sp³-hybridized carbons (Fsp3) is 0.667. The Balaban J connectivity index is 1.84. The van der Waals surface area contributed by atoms with Crippen molar-refractivity contribution in [3.8, 4) is 0 Å². The number of hydrogen-bond acceptors (Lipinski definition) is 5. The minimum atomic E-state index is -0.277. The molecule has 1 atom stereocenters. The molecule has 1 aromatic heterocycles. The van der Waals surface area contributed by atoms with Crippen LogP contribution in [0.1, 0.15) is 25.5 Å². The number of anilines is 1. The number of thiazole rings is 1. The van der Waals surface area contributed by atoms with Crippen molar-refractivity contribution < 1.29 is 9.90 Å². The molecule has 5 nitrogen and oxygen atoms in total. The van der Waals surface area contributed by atoms with Gasteiger partial charge in [-0.1, -0.05) is 0 Å². The van der Waals surface area contributed by atoms with E-state index >= 15 is 0 Å². The molecule has 1 amide bonds. The van der Waals surface area contributed by atoms with E-state index in [1.54, 1.807) is 0 Å². The lowest BCUT2D eigenvalue weighted by Gasteiger charge is -2.33. The molecule has 1 unspecified atom stereocenters. The molecule has 2 heterocycles. The van der Waals surface area contributed by atoms with E-state index in [1.807, 2.05) is 17.2 Å². The SMILES string of the molecule is CC(O)C1CCN(C(=O)Cc2csc(N)n2)CC1. The maximum atomic E-state index is 12.0. The Bertz CT molecular complexity index is 411. The number of rotatable bonds is 3. The molecule has 1 fully saturated rings. The van der Waals surface area contributed by atoms with Crippen molar-refractivity contribution in [1.29, 1.82) is 0 Å². The first-order valence-corrected chi connectivity index (χ1v) is 7.10. The van der Waals surface area contributed by atoms with E-state index in [0.717, 1.165) is 31.6 Å². The van der Waals surface area contributed by atoms with E-state index in [1.165, 1.54) is 11.3 Å². The minimum Gasteiger partial charge on any atom is -0.393 e. The van der Waals surface area contributed by atoms with Gasteiger partial charge in [0, 0.05) is 18.5 Å². The van der Waals surface area contributed by atoms with Gasteiger partial charge in [-0.25, -0.2) is 4.98 Å². The Morgan fingerprint density at radius 1 is 1.67 bits per heavy atom. The Morgan fingerprint density at radius 2 is 2.33 bits per heavy atom. The van der Waals surface area contributed by atoms with Gasteiger partial charge in [0.15, 0.2) is 5.13 Å². The molecule has 1 aliphatic rings. The standard InChI is InChI=1S/C12H19N3O2S/c1-8(16)9-2-4-15(5-3-9)11(17)6-10-7-18-12(13)14-10/h7-9,16H,2-6H2,1H3,(H2,13,14). The number of aliphatic hydroxyl groups is 1. The van der Waals surface area contributed by atoms with Gasteiger partial charge >= 0.3 is 0 Å². The summed E-state index contributed by atoms with van der Waals surface area (Å²) in [4.78, 5) is 18.0. The molecule has 1 aromatic rings. The van der Waals surface area contributed by atoms with Crippen LogP contribution >= 0.6 is 11.3 Å². The van der Waals surface area contributed by atoms with Crippen molar-refractivity contribution >= 4 is 22.4 Å². The average Bonchev–Trinajstić information content (AvgIpc) is 2.75. The van der Waals surface area contributed by atoms with Gasteiger partial charge < -0.3 is 15.7 Å². The van der Waals surface area contributed by atoms with Crippen LogP contribution < -0.4 is 5.73 Å². The van der Waals surface area contributed by atoms with E-state index in [4.69, 9.17) is 5.73 Å². The molecule has 0 spiro atoms. The van der Waals surface area contributed by atoms with Gasteiger partial charge in [-0.3, -0.25) is 4.79 Å². The van der Waals surface area contributed by atoms with Crippen molar-refractivity contribution in [1.82, 2.24) is 9.88 Å². The summed E-state index contributed by atoms with van der Waals surface area (Å²) in [6.45, 7) is 3.28. The molecule has 0 saturated carbocycles. The fourth-order valence-corrected chi connectivity index (χ4v) is 2.86. The van der Waals surface area contributed by atoms with E-state index in [0.29, 0.717) is 17.5 Å². The van der Waals surface area contributed by atoms with Crippen LogP contribution in [-0.4, -0.2) is 40.1 Å². The number of likely N-dealkylation sites (tertiary alicyclic amines) is 1. The second kappa shape index (κ2) is 5.67. The van der Waals surface area contributed by atoms with Crippen LogP contribution in [0, 0.1) is 5.92 Å². The van der Waals surface area contributed by atoms with Crippen molar-refractivity contribution in [3.63, 3.8) is 0 Å². The largest absolute Gasteiger partial charge is 0.393 e. The number of carbonyl (C=O) groups is 1. The smallest absolute Gasteiger partial charge is 0.228 e. The number of carbonyl (C=O) groups excluding carboxylic acids is 1. The Labute approximate surface area is 111 Å². The van der Waals surface area contributed by atoms with Crippen LogP contribution in [0.4, 0.5) is 5.13 Å². The van der Waals surface area contributed by atoms with Gasteiger partial charge in [0.1, 0.15) is 0 Å². The molecule has 0 aliphatic carbocycles. The summed E-state index contributed by atoms with van der Waals surface area (Å²) in [5.41, 5.74) is 6.29. The first-order chi connectivity index (χ1) is 8.56. The number of nitrogen functional groups attached to an aromatic ring is 1. The highest BCUT2D eigenvalue weighted by Gasteiger charge is 2.25. The van der Waals surface area contributed by atoms with Gasteiger partial charge in [0.2, 0.25) is 5.91 Å². The van der Waals surface area contributed by atoms with E-state index in [9.17, 15) is 9.90 Å². The third kappa shape index (κ3) is 3.20. The highest BCUT2D eigenvalue weighted by atomic mass is 32.1. The molecule has 0 radical (unpaired) electrons. The quantitative estimate of drug-likeness (QED) is 0.854. The van der Waals surface area contributed by atoms with Crippen LogP contribution in [0.2, 0.25) is 0 Å². The number of nitrogens with two attached hydrogens (primary N) is 1. The van der Waals surface area contributed by atoms with Crippen LogP contribution in [0.3, 0.4) is 0 Å². The number of aromatic nitrogens is 1. The summed E-state index contributed by atoms with van der Waals surface area (Å²) in [5.74, 6) is 0.424. The maximum absolute atomic E-state index is 12.0. The van der Waals surface area contributed by atoms with Crippen LogP contribution in [-0.2, 0) is 11.2 Å². The Kier molecular flexibility index (Phi) is 4.19. The highest BCUT2D eigenvalue weighted by Crippen LogP contribution is 2.21. The summed E-state index contributed by atoms with van der Waals surface area (Å²) in [7, 11) is 0. The summed E-state index contributed by atoms with van der Waals surface area (Å²) >= 11 is 1.36. The van der Waals surface area contributed by atoms with Crippen LogP contribution in [0.25, 0.3) is 0 Å². The summed E-state index contributed by atoms with van der Waals surface area (Å²) in [6, 6.07) is 0. The molecule has 2 rings (SSSR count). The molecular weight excluding hydrogens is 250 g/mol. The predicted molar refractivity (Wildman–Crippen MR) is 71.2 cm³/mol. The predicted octanol–water partition coefficient (Wildman–Crippen LogP) is 0.887. The lowest BCUT2D eigenvalue weighted by molar-refractivity contribution is -0.132. The zero-order valence-corrected chi connectivity index (χ0v) is 11.3. The maximum Gasteiger partial charge on any atom is 0.228 e. The molecule has 0 bridgehead atoms. The topological polar surface area (TPSA) is 79.5 Å². The molecule has 0 aromatic carbocycles. The van der Waals surface area contributed by atoms with E-state index < -0.39 is 0 Å². The lowest BCUT2D eigenvalue weighted by atomic mass is 9.92. The lowest BCUT2D eigenvalue weighted by Crippen LogP contribution is -2.41. The normalized spacial score (nSPS) is 18.9. The molecule has 18 heavy (non-hydrogen) atoms. The number of hydrogen-bond donors (Lipinski definition) is 2. The second-order valence-corrected chi connectivity index (χ2v) is 5.70. The summed E-state index contributed by atoms with van der Waals surface area (Å²) in [5, 5.41) is 11.8. The average molecular weight is 269 g/mol. The number of nitrogens with zero attached hydrogens (tertiary/aromatic N) is 2. The molecular formula is C12H19N3O2S. The molecule has 3 N–H and O–H groups in total. The van der Waals surface area contributed by atoms with E-state index in [-0.39, 0.29) is 12.0 Å². The van der Waals surface area contributed by atoms with Crippen molar-refractivity contribution in [2.45, 2.75) is 32.3 Å². The zero-order valence-electron chi connectivity index (χ0n) is 10.5. The van der Waals surface area contributed by atoms with Crippen molar-refractivity contribution in [3.05, 3.63) is 11.1 Å². The first kappa shape index (κ1) is 13.3. The van der Waals surface area contributed by atoms with Gasteiger partial charge in [0.05, 0.1) is 18.2 Å². The van der Waals surface area contributed by atoms with Gasteiger partial charge in [-0.2, -0.15) is 0 Å². The zero-order chi connectivity index (χ0) is 13.1. The van der Waals surface area contributed by atoms with Crippen molar-refractivity contribution in [2.24, 2.45) is 5.92 Å². The Hall–Kier alpha value is -1.14. The summed E-state index contributed by atoms with van der Waals surface area (Å²) in [6.07, 6.45) is 1.80. The first-order valence-electron chi connectivity index (χ1n) is 6.22. The van der Waals surface area contributed by atoms with Crippen LogP contribution in [0.5, 0.6) is 0 Å². The fourth-order valence-electron chi connectivity index (χ4n) is 2.30. The number of piperidine rings is 1. The third-order valence-electron chi connectivity index (χ3n) is 3.48. The van der Waals surface area contributed by atoms with Gasteiger partial charge in [-0.15, -0.1) is 11.3 Å². The molecule has 1 saturated heterocycles. The van der Waals surface area contributed by atoms with E-state index in [2.05, 4.69) is 4.98 Å². The Morgan fingerprint density at radius 3 is 2.83 bits per heavy atom. The monoisotopic (exact) mass is 269 g/mol. The highest BCUT2D eigenvalue weighted by molar-refractivity contribution is 7.13. The molecule has 1 aliphatic heterocycles. The molecule has 100 valence electrons. The minimum absolute atomic E-state index is 0.101. The summed E-state index contributed by atoms with van der Waals surface area (Å²) < 4.78 is 0. The van der Waals surface area contributed by atoms with Gasteiger partial charge in [-0.05, 0) is 25.7 Å². The van der Waals surface area contributed by atoms with Crippen molar-refractivity contribution in [2.75, 3.05) is 18.8 Å². The number of aliphatic hydroxyl groups excluding tert-OH is 1. The molecule has 6 heteroatoms.